The van der Waals surface area contributed by atoms with E-state index in [2.05, 4.69) is 5.10 Å². The molecule has 3 aromatic heterocycles. The number of primary amides is 1. The SMILES string of the molecule is Cc1cc2c(o1)c1cnn(CCC(N)=O)c(=O)c1n2C(C)C. The highest BCUT2D eigenvalue weighted by atomic mass is 16.3. The molecule has 0 aliphatic heterocycles. The van der Waals surface area contributed by atoms with Crippen LogP contribution in [0, 0.1) is 6.92 Å². The Morgan fingerprint density at radius 1 is 1.45 bits per heavy atom. The van der Waals surface area contributed by atoms with Gasteiger partial charge in [-0.3, -0.25) is 9.59 Å². The molecule has 0 atom stereocenters. The van der Waals surface area contributed by atoms with Gasteiger partial charge < -0.3 is 14.7 Å². The number of nitrogens with zero attached hydrogens (tertiary/aromatic N) is 3. The second kappa shape index (κ2) is 5.01. The van der Waals surface area contributed by atoms with Gasteiger partial charge in [0.05, 0.1) is 23.6 Å². The van der Waals surface area contributed by atoms with Gasteiger partial charge in [-0.2, -0.15) is 5.10 Å². The lowest BCUT2D eigenvalue weighted by atomic mass is 10.3. The number of carbonyl (C=O) groups is 1. The molecule has 0 radical (unpaired) electrons. The molecule has 0 bridgehead atoms. The highest BCUT2D eigenvalue weighted by molar-refractivity contribution is 6.04. The lowest BCUT2D eigenvalue weighted by Gasteiger charge is -2.10. The Balaban J connectivity index is 2.31. The van der Waals surface area contributed by atoms with E-state index in [1.807, 2.05) is 31.4 Å². The zero-order chi connectivity index (χ0) is 16.0. The molecule has 0 fully saturated rings. The molecule has 7 nitrogen and oxygen atoms in total. The number of aromatic nitrogens is 3. The van der Waals surface area contributed by atoms with Gasteiger partial charge in [-0.1, -0.05) is 0 Å². The molecule has 0 aromatic carbocycles. The molecule has 3 rings (SSSR count). The molecule has 0 saturated carbocycles. The van der Waals surface area contributed by atoms with Gasteiger partial charge >= 0.3 is 0 Å². The molecule has 116 valence electrons. The van der Waals surface area contributed by atoms with Gasteiger partial charge in [-0.05, 0) is 20.8 Å². The minimum absolute atomic E-state index is 0.0794. The van der Waals surface area contributed by atoms with Crippen molar-refractivity contribution in [2.75, 3.05) is 0 Å². The summed E-state index contributed by atoms with van der Waals surface area (Å²) in [6.07, 6.45) is 1.69. The van der Waals surface area contributed by atoms with Crippen LogP contribution in [0.3, 0.4) is 0 Å². The van der Waals surface area contributed by atoms with Crippen LogP contribution in [0.25, 0.3) is 22.0 Å². The third-order valence-corrected chi connectivity index (χ3v) is 3.69. The fourth-order valence-corrected chi connectivity index (χ4v) is 2.78. The summed E-state index contributed by atoms with van der Waals surface area (Å²) < 4.78 is 8.95. The highest BCUT2D eigenvalue weighted by Crippen LogP contribution is 2.31. The molecule has 3 aromatic rings. The maximum absolute atomic E-state index is 12.7. The van der Waals surface area contributed by atoms with Crippen LogP contribution >= 0.6 is 0 Å². The minimum Gasteiger partial charge on any atom is -0.459 e. The molecule has 2 N–H and O–H groups in total. The van der Waals surface area contributed by atoms with Crippen molar-refractivity contribution in [2.24, 2.45) is 5.73 Å². The van der Waals surface area contributed by atoms with Crippen molar-refractivity contribution in [3.8, 4) is 0 Å². The van der Waals surface area contributed by atoms with E-state index in [4.69, 9.17) is 10.2 Å². The van der Waals surface area contributed by atoms with Crippen LogP contribution in [0.1, 0.15) is 32.1 Å². The van der Waals surface area contributed by atoms with E-state index < -0.39 is 5.91 Å². The Bertz CT molecular complexity index is 930. The number of amides is 1. The summed E-state index contributed by atoms with van der Waals surface area (Å²) in [5.74, 6) is 0.330. The smallest absolute Gasteiger partial charge is 0.291 e. The van der Waals surface area contributed by atoms with Crippen LogP contribution in [0.2, 0.25) is 0 Å². The van der Waals surface area contributed by atoms with Gasteiger partial charge in [0.15, 0.2) is 5.58 Å². The number of rotatable bonds is 4. The van der Waals surface area contributed by atoms with Gasteiger partial charge in [0.25, 0.3) is 5.56 Å². The first kappa shape index (κ1) is 14.4. The Kier molecular flexibility index (Phi) is 3.27. The first-order valence-corrected chi connectivity index (χ1v) is 7.18. The number of aryl methyl sites for hydroxylation is 2. The quantitative estimate of drug-likeness (QED) is 0.793. The molecule has 0 unspecified atom stereocenters. The second-order valence-electron chi connectivity index (χ2n) is 5.69. The summed E-state index contributed by atoms with van der Waals surface area (Å²) in [5.41, 5.74) is 7.00. The van der Waals surface area contributed by atoms with Gasteiger partial charge in [0, 0.05) is 18.5 Å². The number of furan rings is 1. The van der Waals surface area contributed by atoms with E-state index >= 15 is 0 Å². The predicted octanol–water partition coefficient (Wildman–Crippen LogP) is 1.71. The van der Waals surface area contributed by atoms with Crippen molar-refractivity contribution in [1.82, 2.24) is 14.3 Å². The Morgan fingerprint density at radius 2 is 2.18 bits per heavy atom. The van der Waals surface area contributed by atoms with Gasteiger partial charge in [-0.25, -0.2) is 4.68 Å². The summed E-state index contributed by atoms with van der Waals surface area (Å²) in [7, 11) is 0. The van der Waals surface area contributed by atoms with Crippen LogP contribution in [0.5, 0.6) is 0 Å². The van der Waals surface area contributed by atoms with Crippen molar-refractivity contribution < 1.29 is 9.21 Å². The third kappa shape index (κ3) is 2.09. The lowest BCUT2D eigenvalue weighted by molar-refractivity contribution is -0.118. The third-order valence-electron chi connectivity index (χ3n) is 3.69. The van der Waals surface area contributed by atoms with Gasteiger partial charge in [-0.15, -0.1) is 0 Å². The van der Waals surface area contributed by atoms with Crippen molar-refractivity contribution in [1.29, 1.82) is 0 Å². The summed E-state index contributed by atoms with van der Waals surface area (Å²) in [6, 6.07) is 2.01. The molecular formula is C15H18N4O3. The Morgan fingerprint density at radius 3 is 2.82 bits per heavy atom. The first-order valence-electron chi connectivity index (χ1n) is 7.18. The molecule has 0 aliphatic rings. The largest absolute Gasteiger partial charge is 0.459 e. The van der Waals surface area contributed by atoms with Crippen LogP contribution < -0.4 is 11.3 Å². The van der Waals surface area contributed by atoms with Crippen LogP contribution in [0.4, 0.5) is 0 Å². The molecule has 3 heterocycles. The summed E-state index contributed by atoms with van der Waals surface area (Å²) in [5, 5.41) is 4.83. The van der Waals surface area contributed by atoms with Crippen molar-refractivity contribution in [3.63, 3.8) is 0 Å². The fraction of sp³-hybridized carbons (Fsp3) is 0.400. The van der Waals surface area contributed by atoms with E-state index in [9.17, 15) is 9.59 Å². The normalized spacial score (nSPS) is 11.8. The zero-order valence-electron chi connectivity index (χ0n) is 12.8. The number of hydrogen-bond acceptors (Lipinski definition) is 4. The average molecular weight is 302 g/mol. The van der Waals surface area contributed by atoms with Crippen LogP contribution in [-0.4, -0.2) is 20.3 Å². The van der Waals surface area contributed by atoms with E-state index in [0.717, 1.165) is 11.3 Å². The number of fused-ring (bicyclic) bond motifs is 3. The van der Waals surface area contributed by atoms with Crippen LogP contribution in [-0.2, 0) is 11.3 Å². The van der Waals surface area contributed by atoms with Crippen molar-refractivity contribution in [3.05, 3.63) is 28.4 Å². The standard InChI is InChI=1S/C15H18N4O3/c1-8(2)19-11-6-9(3)22-14(11)10-7-17-18(5-4-12(16)20)15(21)13(10)19/h6-8H,4-5H2,1-3H3,(H2,16,20). The summed E-state index contributed by atoms with van der Waals surface area (Å²) in [4.78, 5) is 23.6. The predicted molar refractivity (Wildman–Crippen MR) is 82.7 cm³/mol. The Hall–Kier alpha value is -2.57. The molecule has 0 saturated heterocycles. The molecule has 22 heavy (non-hydrogen) atoms. The molecule has 0 aliphatic carbocycles. The lowest BCUT2D eigenvalue weighted by Crippen LogP contribution is -2.27. The monoisotopic (exact) mass is 302 g/mol. The number of nitrogens with two attached hydrogens (primary N) is 1. The maximum Gasteiger partial charge on any atom is 0.291 e. The van der Waals surface area contributed by atoms with Gasteiger partial charge in [0.1, 0.15) is 11.3 Å². The molecule has 7 heteroatoms. The maximum atomic E-state index is 12.7. The molecule has 1 amide bonds. The number of carbonyl (C=O) groups excluding carboxylic acids is 1. The average Bonchev–Trinajstić information content (AvgIpc) is 2.93. The van der Waals surface area contributed by atoms with E-state index in [1.165, 1.54) is 4.68 Å². The molecular weight excluding hydrogens is 284 g/mol. The van der Waals surface area contributed by atoms with Gasteiger partial charge in [0.2, 0.25) is 5.91 Å². The second-order valence-corrected chi connectivity index (χ2v) is 5.69. The van der Waals surface area contributed by atoms with Crippen molar-refractivity contribution in [2.45, 2.75) is 39.8 Å². The summed E-state index contributed by atoms with van der Waals surface area (Å²) in [6.45, 7) is 6.06. The minimum atomic E-state index is -0.461. The van der Waals surface area contributed by atoms with E-state index in [-0.39, 0.29) is 24.6 Å². The first-order chi connectivity index (χ1) is 10.4. The topological polar surface area (TPSA) is 96.1 Å². The summed E-state index contributed by atoms with van der Waals surface area (Å²) >= 11 is 0. The van der Waals surface area contributed by atoms with E-state index in [0.29, 0.717) is 16.5 Å². The van der Waals surface area contributed by atoms with E-state index in [1.54, 1.807) is 6.20 Å². The number of hydrogen-bond donors (Lipinski definition) is 1. The zero-order valence-corrected chi connectivity index (χ0v) is 12.8. The molecule has 0 spiro atoms. The highest BCUT2D eigenvalue weighted by Gasteiger charge is 2.20. The van der Waals surface area contributed by atoms with Crippen LogP contribution in [0.15, 0.2) is 21.5 Å². The van der Waals surface area contributed by atoms with Crippen molar-refractivity contribution >= 4 is 27.9 Å². The Labute approximate surface area is 126 Å². The fourth-order valence-electron chi connectivity index (χ4n) is 2.78.